The van der Waals surface area contributed by atoms with E-state index in [1.54, 1.807) is 42.7 Å². The number of carboxylic acid groups (broad SMARTS) is 1. The molecule has 1 aliphatic rings. The summed E-state index contributed by atoms with van der Waals surface area (Å²) in [7, 11) is 0. The molecule has 32 heavy (non-hydrogen) atoms. The fraction of sp³-hybridized carbons (Fsp3) is 0.125. The van der Waals surface area contributed by atoms with Gasteiger partial charge in [-0.05, 0) is 61.4 Å². The summed E-state index contributed by atoms with van der Waals surface area (Å²) in [4.78, 5) is 30.6. The first-order valence-corrected chi connectivity index (χ1v) is 10.5. The molecule has 8 heteroatoms. The van der Waals surface area contributed by atoms with E-state index in [1.165, 1.54) is 0 Å². The van der Waals surface area contributed by atoms with E-state index in [-0.39, 0.29) is 11.9 Å². The van der Waals surface area contributed by atoms with Crippen LogP contribution in [0, 0.1) is 0 Å². The van der Waals surface area contributed by atoms with Crippen molar-refractivity contribution < 1.29 is 14.7 Å². The van der Waals surface area contributed by atoms with Crippen LogP contribution < -0.4 is 10.2 Å². The number of rotatable bonds is 5. The van der Waals surface area contributed by atoms with Crippen LogP contribution in [0.5, 0.6) is 0 Å². The van der Waals surface area contributed by atoms with Crippen LogP contribution in [-0.4, -0.2) is 32.5 Å². The van der Waals surface area contributed by atoms with E-state index in [2.05, 4.69) is 10.3 Å². The summed E-state index contributed by atoms with van der Waals surface area (Å²) in [6, 6.07) is 18.1. The van der Waals surface area contributed by atoms with E-state index in [0.29, 0.717) is 21.9 Å². The molecule has 1 saturated carbocycles. The van der Waals surface area contributed by atoms with Crippen molar-refractivity contribution in [1.82, 2.24) is 9.38 Å². The third-order valence-corrected chi connectivity index (χ3v) is 5.67. The van der Waals surface area contributed by atoms with Crippen molar-refractivity contribution in [3.05, 3.63) is 83.6 Å². The molecule has 0 unspecified atom stereocenters. The van der Waals surface area contributed by atoms with Gasteiger partial charge in [0.25, 0.3) is 5.91 Å². The molecule has 0 radical (unpaired) electrons. The van der Waals surface area contributed by atoms with Crippen LogP contribution in [0.1, 0.15) is 23.2 Å². The number of amides is 2. The van der Waals surface area contributed by atoms with E-state index in [4.69, 9.17) is 16.7 Å². The number of carbonyl (C=O) groups excluding carboxylic acids is 1. The Hall–Kier alpha value is -3.84. The zero-order chi connectivity index (χ0) is 22.2. The van der Waals surface area contributed by atoms with Crippen LogP contribution in [0.25, 0.3) is 16.9 Å². The number of nitrogens with zero attached hydrogens (tertiary/aromatic N) is 3. The van der Waals surface area contributed by atoms with Crippen LogP contribution in [0.15, 0.2) is 73.1 Å². The van der Waals surface area contributed by atoms with Gasteiger partial charge in [0.1, 0.15) is 5.65 Å². The monoisotopic (exact) mass is 446 g/mol. The molecule has 2 heterocycles. The molecule has 2 N–H and O–H groups in total. The van der Waals surface area contributed by atoms with Crippen molar-refractivity contribution in [2.45, 2.75) is 18.9 Å². The number of pyridine rings is 1. The van der Waals surface area contributed by atoms with Gasteiger partial charge < -0.3 is 10.0 Å². The van der Waals surface area contributed by atoms with E-state index >= 15 is 0 Å². The third kappa shape index (κ3) is 3.90. The van der Waals surface area contributed by atoms with Gasteiger partial charge in [-0.1, -0.05) is 23.7 Å². The van der Waals surface area contributed by atoms with Gasteiger partial charge >= 0.3 is 6.09 Å². The third-order valence-electron chi connectivity index (χ3n) is 5.42. The van der Waals surface area contributed by atoms with E-state index in [1.807, 2.05) is 39.6 Å². The summed E-state index contributed by atoms with van der Waals surface area (Å²) in [5, 5.41) is 11.8. The number of anilines is 2. The first-order valence-electron chi connectivity index (χ1n) is 10.2. The van der Waals surface area contributed by atoms with E-state index in [9.17, 15) is 9.59 Å². The summed E-state index contributed by atoms with van der Waals surface area (Å²) >= 11 is 6.02. The Kier molecular flexibility index (Phi) is 5.03. The van der Waals surface area contributed by atoms with Crippen LogP contribution >= 0.6 is 11.6 Å². The number of nitrogens with one attached hydrogen (secondary N) is 1. The Labute approximate surface area is 188 Å². The predicted molar refractivity (Wildman–Crippen MR) is 124 cm³/mol. The summed E-state index contributed by atoms with van der Waals surface area (Å²) in [5.41, 5.74) is 4.25. The van der Waals surface area contributed by atoms with E-state index < -0.39 is 6.09 Å². The van der Waals surface area contributed by atoms with Crippen molar-refractivity contribution in [1.29, 1.82) is 0 Å². The Balaban J connectivity index is 1.49. The molecule has 2 aromatic carbocycles. The van der Waals surface area contributed by atoms with Crippen LogP contribution in [0.4, 0.5) is 16.2 Å². The Morgan fingerprint density at radius 2 is 1.75 bits per heavy atom. The maximum absolute atomic E-state index is 13.5. The highest BCUT2D eigenvalue weighted by atomic mass is 35.5. The first kappa shape index (κ1) is 20.1. The molecule has 0 aliphatic heterocycles. The first-order chi connectivity index (χ1) is 15.5. The molecular formula is C24H19ClN4O3. The molecular weight excluding hydrogens is 428 g/mol. The van der Waals surface area contributed by atoms with Gasteiger partial charge in [0.15, 0.2) is 0 Å². The minimum atomic E-state index is -1.11. The average molecular weight is 447 g/mol. The number of imidazole rings is 1. The van der Waals surface area contributed by atoms with Crippen molar-refractivity contribution in [2.75, 3.05) is 10.2 Å². The average Bonchev–Trinajstić information content (AvgIpc) is 3.53. The van der Waals surface area contributed by atoms with Crippen molar-refractivity contribution in [3.63, 3.8) is 0 Å². The molecule has 7 nitrogen and oxygen atoms in total. The normalized spacial score (nSPS) is 13.2. The van der Waals surface area contributed by atoms with Gasteiger partial charge in [0.05, 0.1) is 17.5 Å². The fourth-order valence-corrected chi connectivity index (χ4v) is 3.86. The summed E-state index contributed by atoms with van der Waals surface area (Å²) in [6.07, 6.45) is 4.37. The molecule has 4 aromatic rings. The number of hydrogen-bond donors (Lipinski definition) is 2. The lowest BCUT2D eigenvalue weighted by Crippen LogP contribution is -2.33. The summed E-state index contributed by atoms with van der Waals surface area (Å²) in [5.74, 6) is -0.0719. The maximum atomic E-state index is 13.5. The molecule has 0 bridgehead atoms. The van der Waals surface area contributed by atoms with Crippen molar-refractivity contribution >= 4 is 40.6 Å². The quantitative estimate of drug-likeness (QED) is 0.420. The fourth-order valence-electron chi connectivity index (χ4n) is 3.74. The molecule has 2 amide bonds. The number of carbonyl (C=O) groups is 2. The molecule has 5 rings (SSSR count). The zero-order valence-corrected chi connectivity index (χ0v) is 17.7. The number of fused-ring (bicyclic) bond motifs is 1. The van der Waals surface area contributed by atoms with Gasteiger partial charge in [-0.25, -0.2) is 9.78 Å². The zero-order valence-electron chi connectivity index (χ0n) is 16.9. The molecule has 160 valence electrons. The Bertz CT molecular complexity index is 1310. The largest absolute Gasteiger partial charge is 0.465 e. The molecule has 1 aliphatic carbocycles. The lowest BCUT2D eigenvalue weighted by molar-refractivity contribution is 0.0985. The maximum Gasteiger partial charge on any atom is 0.409 e. The summed E-state index contributed by atoms with van der Waals surface area (Å²) in [6.45, 7) is 0. The van der Waals surface area contributed by atoms with Crippen LogP contribution in [0.3, 0.4) is 0 Å². The van der Waals surface area contributed by atoms with Gasteiger partial charge in [-0.15, -0.1) is 0 Å². The lowest BCUT2D eigenvalue weighted by atomic mass is 10.1. The summed E-state index contributed by atoms with van der Waals surface area (Å²) < 4.78 is 1.87. The number of benzene rings is 2. The van der Waals surface area contributed by atoms with Gasteiger partial charge in [0, 0.05) is 34.2 Å². The second kappa shape index (κ2) is 8.01. The number of halogens is 1. The molecule has 0 saturated heterocycles. The number of aromatic nitrogens is 2. The van der Waals surface area contributed by atoms with Gasteiger partial charge in [-0.3, -0.25) is 14.5 Å². The highest BCUT2D eigenvalue weighted by Gasteiger charge is 2.34. The van der Waals surface area contributed by atoms with Crippen molar-refractivity contribution in [3.8, 4) is 11.3 Å². The minimum absolute atomic E-state index is 0.0719. The standard InChI is InChI=1S/C24H19ClN4O3/c25-17-4-8-19(9-5-17)29(20-10-11-20)23(30)16-3-12-22-26-13-21(28(22)14-16)15-1-6-18(7-2-15)27-24(31)32/h1-9,12-14,20,27H,10-11H2,(H,31,32). The second-order valence-electron chi connectivity index (χ2n) is 7.68. The highest BCUT2D eigenvalue weighted by Crippen LogP contribution is 2.34. The Morgan fingerprint density at radius 1 is 1.03 bits per heavy atom. The predicted octanol–water partition coefficient (Wildman–Crippen LogP) is 5.55. The molecule has 1 fully saturated rings. The second-order valence-corrected chi connectivity index (χ2v) is 8.12. The smallest absolute Gasteiger partial charge is 0.409 e. The van der Waals surface area contributed by atoms with Crippen molar-refractivity contribution in [2.24, 2.45) is 0 Å². The van der Waals surface area contributed by atoms with Gasteiger partial charge in [-0.2, -0.15) is 0 Å². The van der Waals surface area contributed by atoms with Gasteiger partial charge in [0.2, 0.25) is 0 Å². The molecule has 0 atom stereocenters. The Morgan fingerprint density at radius 3 is 2.41 bits per heavy atom. The lowest BCUT2D eigenvalue weighted by Gasteiger charge is -2.23. The van der Waals surface area contributed by atoms with E-state index in [0.717, 1.165) is 29.8 Å². The number of hydrogen-bond acceptors (Lipinski definition) is 3. The van der Waals surface area contributed by atoms with Crippen LogP contribution in [-0.2, 0) is 0 Å². The topological polar surface area (TPSA) is 86.9 Å². The SMILES string of the molecule is O=C(O)Nc1ccc(-c2cnc3ccc(C(=O)N(c4ccc(Cl)cc4)C4CC4)cn23)cc1. The highest BCUT2D eigenvalue weighted by molar-refractivity contribution is 6.30. The molecule has 0 spiro atoms. The van der Waals surface area contributed by atoms with Crippen LogP contribution in [0.2, 0.25) is 5.02 Å². The minimum Gasteiger partial charge on any atom is -0.465 e. The molecule has 2 aromatic heterocycles.